The molecule has 0 aromatic heterocycles. The van der Waals surface area contributed by atoms with Gasteiger partial charge in [0.25, 0.3) is 0 Å². The topological polar surface area (TPSA) is 52.6 Å². The zero-order valence-electron chi connectivity index (χ0n) is 13.5. The molecule has 0 radical (unpaired) electrons. The van der Waals surface area contributed by atoms with Gasteiger partial charge in [0.2, 0.25) is 11.5 Å². The van der Waals surface area contributed by atoms with Crippen LogP contribution in [-0.2, 0) is 14.3 Å². The van der Waals surface area contributed by atoms with Crippen molar-refractivity contribution in [3.05, 3.63) is 83.5 Å². The minimum absolute atomic E-state index is 0.0183. The Labute approximate surface area is 144 Å². The second kappa shape index (κ2) is 7.75. The Morgan fingerprint density at radius 1 is 1.08 bits per heavy atom. The first-order chi connectivity index (χ1) is 12.1. The zero-order chi connectivity index (χ0) is 17.6. The Balaban J connectivity index is 1.53. The number of carbonyl (C=O) groups excluding carboxylic acids is 2. The summed E-state index contributed by atoms with van der Waals surface area (Å²) in [5.41, 5.74) is 1.26. The van der Waals surface area contributed by atoms with E-state index < -0.39 is 5.82 Å². The SMILES string of the molecule is O=C(CCC(=O)c1cccc(F)c1)C1=COC(C2=CC=CCC2)=CO1. The maximum Gasteiger partial charge on any atom is 0.204 e. The van der Waals surface area contributed by atoms with E-state index in [0.717, 1.165) is 24.5 Å². The van der Waals surface area contributed by atoms with Crippen LogP contribution in [0.2, 0.25) is 0 Å². The molecule has 25 heavy (non-hydrogen) atoms. The zero-order valence-corrected chi connectivity index (χ0v) is 13.5. The summed E-state index contributed by atoms with van der Waals surface area (Å²) in [7, 11) is 0. The Bertz CT molecular complexity index is 815. The third kappa shape index (κ3) is 4.32. The molecule has 3 rings (SSSR count). The standard InChI is InChI=1S/C20H17FO4/c21-16-8-4-7-15(11-16)17(22)9-10-18(23)20-13-24-19(12-25-20)14-5-2-1-3-6-14/h1-2,4-5,7-8,11-13H,3,6,9-10H2. The smallest absolute Gasteiger partial charge is 0.204 e. The van der Waals surface area contributed by atoms with Crippen molar-refractivity contribution in [2.45, 2.75) is 25.7 Å². The summed E-state index contributed by atoms with van der Waals surface area (Å²) in [6.45, 7) is 0. The molecule has 0 amide bonds. The lowest BCUT2D eigenvalue weighted by atomic mass is 10.0. The van der Waals surface area contributed by atoms with E-state index in [9.17, 15) is 14.0 Å². The fraction of sp³-hybridized carbons (Fsp3) is 0.200. The predicted molar refractivity (Wildman–Crippen MR) is 89.8 cm³/mol. The van der Waals surface area contributed by atoms with Gasteiger partial charge in [-0.1, -0.05) is 30.4 Å². The summed E-state index contributed by atoms with van der Waals surface area (Å²) in [5.74, 6) is -0.467. The van der Waals surface area contributed by atoms with Crippen LogP contribution in [-0.4, -0.2) is 11.6 Å². The summed E-state index contributed by atoms with van der Waals surface area (Å²) in [6, 6.07) is 5.41. The van der Waals surface area contributed by atoms with Crippen LogP contribution in [0, 0.1) is 5.82 Å². The number of benzene rings is 1. The summed E-state index contributed by atoms with van der Waals surface area (Å²) >= 11 is 0. The van der Waals surface area contributed by atoms with Gasteiger partial charge in [-0.2, -0.15) is 0 Å². The molecule has 1 heterocycles. The van der Waals surface area contributed by atoms with Crippen LogP contribution in [0.4, 0.5) is 4.39 Å². The first-order valence-corrected chi connectivity index (χ1v) is 8.05. The Morgan fingerprint density at radius 3 is 2.60 bits per heavy atom. The Hall–Kier alpha value is -2.95. The molecule has 1 aliphatic carbocycles. The van der Waals surface area contributed by atoms with Gasteiger partial charge in [0.1, 0.15) is 18.3 Å². The Morgan fingerprint density at radius 2 is 1.92 bits per heavy atom. The van der Waals surface area contributed by atoms with Gasteiger partial charge in [-0.3, -0.25) is 9.59 Å². The van der Waals surface area contributed by atoms with Gasteiger partial charge in [-0.15, -0.1) is 0 Å². The molecule has 2 aliphatic rings. The number of hydrogen-bond donors (Lipinski definition) is 0. The van der Waals surface area contributed by atoms with E-state index in [0.29, 0.717) is 5.76 Å². The number of ether oxygens (including phenoxy) is 2. The quantitative estimate of drug-likeness (QED) is 0.722. The average Bonchev–Trinajstić information content (AvgIpc) is 2.66. The van der Waals surface area contributed by atoms with Gasteiger partial charge in [0.15, 0.2) is 11.5 Å². The summed E-state index contributed by atoms with van der Waals surface area (Å²) < 4.78 is 24.0. The number of Topliss-reactive ketones (excluding diaryl/α,β-unsaturated/α-hetero) is 2. The third-order valence-corrected chi connectivity index (χ3v) is 3.92. The number of allylic oxidation sites excluding steroid dienone is 5. The predicted octanol–water partition coefficient (Wildman–Crippen LogP) is 4.36. The van der Waals surface area contributed by atoms with E-state index in [1.54, 1.807) is 0 Å². The van der Waals surface area contributed by atoms with E-state index in [2.05, 4.69) is 6.08 Å². The first-order valence-electron chi connectivity index (χ1n) is 8.05. The molecule has 1 aromatic rings. The van der Waals surface area contributed by atoms with Gasteiger partial charge in [-0.25, -0.2) is 4.39 Å². The highest BCUT2D eigenvalue weighted by Crippen LogP contribution is 2.25. The van der Waals surface area contributed by atoms with Crippen molar-refractivity contribution in [2.75, 3.05) is 0 Å². The molecule has 0 saturated heterocycles. The van der Waals surface area contributed by atoms with Crippen molar-refractivity contribution >= 4 is 11.6 Å². The molecule has 0 N–H and O–H groups in total. The third-order valence-electron chi connectivity index (χ3n) is 3.92. The molecule has 1 aliphatic heterocycles. The monoisotopic (exact) mass is 340 g/mol. The van der Waals surface area contributed by atoms with Crippen molar-refractivity contribution in [1.82, 2.24) is 0 Å². The Kier molecular flexibility index (Phi) is 5.23. The van der Waals surface area contributed by atoms with Crippen molar-refractivity contribution in [3.63, 3.8) is 0 Å². The lowest BCUT2D eigenvalue weighted by Gasteiger charge is -2.17. The van der Waals surface area contributed by atoms with Crippen molar-refractivity contribution in [1.29, 1.82) is 0 Å². The largest absolute Gasteiger partial charge is 0.457 e. The van der Waals surface area contributed by atoms with Crippen molar-refractivity contribution in [3.8, 4) is 0 Å². The minimum Gasteiger partial charge on any atom is -0.457 e. The first kappa shape index (κ1) is 16.9. The molecule has 1 aromatic carbocycles. The van der Waals surface area contributed by atoms with Crippen LogP contribution in [0.25, 0.3) is 0 Å². The second-order valence-electron chi connectivity index (χ2n) is 5.72. The molecule has 0 saturated carbocycles. The molecule has 0 unspecified atom stereocenters. The fourth-order valence-corrected chi connectivity index (χ4v) is 2.54. The number of halogens is 1. The molecular formula is C20H17FO4. The normalized spacial score (nSPS) is 16.1. The molecular weight excluding hydrogens is 323 g/mol. The van der Waals surface area contributed by atoms with Crippen LogP contribution in [0.5, 0.6) is 0 Å². The number of hydrogen-bond acceptors (Lipinski definition) is 4. The maximum absolute atomic E-state index is 13.1. The van der Waals surface area contributed by atoms with Crippen LogP contribution < -0.4 is 0 Å². The number of carbonyl (C=O) groups is 2. The van der Waals surface area contributed by atoms with Crippen LogP contribution >= 0.6 is 0 Å². The van der Waals surface area contributed by atoms with Gasteiger partial charge < -0.3 is 9.47 Å². The average molecular weight is 340 g/mol. The van der Waals surface area contributed by atoms with E-state index in [1.807, 2.05) is 12.2 Å². The molecule has 0 fully saturated rings. The van der Waals surface area contributed by atoms with Crippen molar-refractivity contribution < 1.29 is 23.5 Å². The molecule has 128 valence electrons. The molecule has 0 bridgehead atoms. The maximum atomic E-state index is 13.1. The highest BCUT2D eigenvalue weighted by molar-refractivity contribution is 6.01. The van der Waals surface area contributed by atoms with E-state index in [-0.39, 0.29) is 35.7 Å². The van der Waals surface area contributed by atoms with Crippen LogP contribution in [0.15, 0.2) is 72.1 Å². The van der Waals surface area contributed by atoms with Gasteiger partial charge in [0, 0.05) is 18.4 Å². The molecule has 0 atom stereocenters. The molecule has 0 spiro atoms. The summed E-state index contributed by atoms with van der Waals surface area (Å²) in [6.07, 6.45) is 10.4. The molecule has 5 heteroatoms. The van der Waals surface area contributed by atoms with E-state index >= 15 is 0 Å². The van der Waals surface area contributed by atoms with Gasteiger partial charge in [0.05, 0.1) is 0 Å². The van der Waals surface area contributed by atoms with Crippen LogP contribution in [0.3, 0.4) is 0 Å². The summed E-state index contributed by atoms with van der Waals surface area (Å²) in [4.78, 5) is 24.1. The van der Waals surface area contributed by atoms with Crippen molar-refractivity contribution in [2.24, 2.45) is 0 Å². The van der Waals surface area contributed by atoms with Crippen LogP contribution in [0.1, 0.15) is 36.0 Å². The van der Waals surface area contributed by atoms with Gasteiger partial charge >= 0.3 is 0 Å². The highest BCUT2D eigenvalue weighted by Gasteiger charge is 2.19. The second-order valence-corrected chi connectivity index (χ2v) is 5.72. The highest BCUT2D eigenvalue weighted by atomic mass is 19.1. The van der Waals surface area contributed by atoms with Gasteiger partial charge in [-0.05, 0) is 30.5 Å². The van der Waals surface area contributed by atoms with E-state index in [4.69, 9.17) is 9.47 Å². The summed E-state index contributed by atoms with van der Waals surface area (Å²) in [5, 5.41) is 0. The van der Waals surface area contributed by atoms with E-state index in [1.165, 1.54) is 30.7 Å². The number of rotatable bonds is 6. The number of ketones is 2. The molecule has 4 nitrogen and oxygen atoms in total. The lowest BCUT2D eigenvalue weighted by molar-refractivity contribution is -0.118. The minimum atomic E-state index is -0.478. The lowest BCUT2D eigenvalue weighted by Crippen LogP contribution is -2.11. The fourth-order valence-electron chi connectivity index (χ4n) is 2.54.